The summed E-state index contributed by atoms with van der Waals surface area (Å²) < 4.78 is 10.4. The summed E-state index contributed by atoms with van der Waals surface area (Å²) in [4.78, 5) is 23.1. The van der Waals surface area contributed by atoms with Gasteiger partial charge in [0, 0.05) is 6.42 Å². The highest BCUT2D eigenvalue weighted by molar-refractivity contribution is 5.92. The molecule has 0 aromatic rings. The Kier molecular flexibility index (Phi) is 4.73. The zero-order valence-electron chi connectivity index (χ0n) is 10.9. The summed E-state index contributed by atoms with van der Waals surface area (Å²) in [5.41, 5.74) is 0.470. The van der Waals surface area contributed by atoms with Crippen LogP contribution in [0, 0.1) is 5.92 Å². The molecule has 0 bridgehead atoms. The molecule has 0 unspecified atom stereocenters. The summed E-state index contributed by atoms with van der Waals surface area (Å²) in [5, 5.41) is 0. The van der Waals surface area contributed by atoms with Crippen molar-refractivity contribution >= 4 is 11.9 Å². The van der Waals surface area contributed by atoms with Crippen LogP contribution in [0.15, 0.2) is 11.6 Å². The van der Waals surface area contributed by atoms with Crippen LogP contribution in [0.2, 0.25) is 0 Å². The second-order valence-corrected chi connectivity index (χ2v) is 4.69. The zero-order chi connectivity index (χ0) is 13.0. The number of ether oxygens (including phenoxy) is 2. The van der Waals surface area contributed by atoms with Crippen LogP contribution in [-0.4, -0.2) is 24.1 Å². The maximum absolute atomic E-state index is 11.6. The van der Waals surface area contributed by atoms with Gasteiger partial charge in [-0.05, 0) is 19.3 Å². The average molecular weight is 240 g/mol. The Balaban J connectivity index is 2.70. The van der Waals surface area contributed by atoms with Crippen LogP contribution in [0.1, 0.15) is 40.5 Å². The molecule has 0 amide bonds. The van der Waals surface area contributed by atoms with E-state index < -0.39 is 12.2 Å². The van der Waals surface area contributed by atoms with Crippen molar-refractivity contribution in [1.82, 2.24) is 0 Å². The van der Waals surface area contributed by atoms with E-state index in [1.165, 1.54) is 0 Å². The van der Waals surface area contributed by atoms with Gasteiger partial charge in [-0.1, -0.05) is 26.8 Å². The molecular weight excluding hydrogens is 220 g/mol. The fourth-order valence-corrected chi connectivity index (χ4v) is 1.77. The van der Waals surface area contributed by atoms with E-state index >= 15 is 0 Å². The standard InChI is InChI=1S/C13H20O4/c1-5-6-10-12(9(4)16-13(10)15)17-11(14)7-8(2)3/h6,8-9,12H,5,7H2,1-4H3/b10-6+/t9-,12+/m0/s1. The van der Waals surface area contributed by atoms with E-state index in [0.29, 0.717) is 12.0 Å². The minimum atomic E-state index is -0.548. The Labute approximate surface area is 102 Å². The maximum Gasteiger partial charge on any atom is 0.338 e. The Morgan fingerprint density at radius 3 is 2.71 bits per heavy atom. The van der Waals surface area contributed by atoms with Crippen LogP contribution in [0.5, 0.6) is 0 Å². The minimum absolute atomic E-state index is 0.245. The van der Waals surface area contributed by atoms with Gasteiger partial charge in [0.05, 0.1) is 5.57 Å². The normalized spacial score (nSPS) is 26.4. The summed E-state index contributed by atoms with van der Waals surface area (Å²) in [6.45, 7) is 7.56. The molecule has 0 N–H and O–H groups in total. The lowest BCUT2D eigenvalue weighted by Gasteiger charge is -2.15. The Morgan fingerprint density at radius 1 is 1.53 bits per heavy atom. The summed E-state index contributed by atoms with van der Waals surface area (Å²) in [7, 11) is 0. The van der Waals surface area contributed by atoms with Gasteiger partial charge in [-0.3, -0.25) is 4.79 Å². The van der Waals surface area contributed by atoms with Crippen molar-refractivity contribution in [3.8, 4) is 0 Å². The molecule has 1 aliphatic heterocycles. The van der Waals surface area contributed by atoms with Crippen molar-refractivity contribution in [2.24, 2.45) is 5.92 Å². The van der Waals surface area contributed by atoms with Gasteiger partial charge in [0.25, 0.3) is 0 Å². The van der Waals surface area contributed by atoms with Crippen molar-refractivity contribution in [2.75, 3.05) is 0 Å². The third-order valence-corrected chi connectivity index (χ3v) is 2.52. The predicted octanol–water partition coefficient (Wildman–Crippen LogP) is 2.23. The molecule has 1 fully saturated rings. The van der Waals surface area contributed by atoms with Gasteiger partial charge in [-0.15, -0.1) is 0 Å². The first kappa shape index (κ1) is 13.7. The summed E-state index contributed by atoms with van der Waals surface area (Å²) in [5.74, 6) is -0.409. The molecule has 17 heavy (non-hydrogen) atoms. The van der Waals surface area contributed by atoms with Crippen molar-refractivity contribution < 1.29 is 19.1 Å². The van der Waals surface area contributed by atoms with Gasteiger partial charge in [-0.2, -0.15) is 0 Å². The number of esters is 2. The molecule has 1 aliphatic rings. The summed E-state index contributed by atoms with van der Waals surface area (Å²) in [6.07, 6.45) is 1.90. The lowest BCUT2D eigenvalue weighted by atomic mass is 10.1. The van der Waals surface area contributed by atoms with E-state index in [0.717, 1.165) is 6.42 Å². The molecule has 1 heterocycles. The van der Waals surface area contributed by atoms with Gasteiger partial charge >= 0.3 is 11.9 Å². The highest BCUT2D eigenvalue weighted by atomic mass is 16.6. The first-order valence-electron chi connectivity index (χ1n) is 6.06. The second kappa shape index (κ2) is 5.84. The minimum Gasteiger partial charge on any atom is -0.455 e. The van der Waals surface area contributed by atoms with Crippen LogP contribution >= 0.6 is 0 Å². The molecule has 0 aliphatic carbocycles. The number of carbonyl (C=O) groups is 2. The molecule has 96 valence electrons. The Hall–Kier alpha value is -1.32. The Morgan fingerprint density at radius 2 is 2.18 bits per heavy atom. The van der Waals surface area contributed by atoms with E-state index in [4.69, 9.17) is 9.47 Å². The average Bonchev–Trinajstić information content (AvgIpc) is 2.44. The van der Waals surface area contributed by atoms with Crippen LogP contribution < -0.4 is 0 Å². The molecule has 4 heteroatoms. The SMILES string of the molecule is CC/C=C1/C(=O)O[C@@H](C)[C@H]1OC(=O)CC(C)C. The Bertz CT molecular complexity index is 330. The van der Waals surface area contributed by atoms with Crippen LogP contribution in [0.4, 0.5) is 0 Å². The number of hydrogen-bond donors (Lipinski definition) is 0. The number of cyclic esters (lactones) is 1. The molecule has 0 aromatic heterocycles. The van der Waals surface area contributed by atoms with Gasteiger partial charge < -0.3 is 9.47 Å². The lowest BCUT2D eigenvalue weighted by Crippen LogP contribution is -2.26. The van der Waals surface area contributed by atoms with Crippen molar-refractivity contribution in [3.63, 3.8) is 0 Å². The number of allylic oxidation sites excluding steroid dienone is 1. The maximum atomic E-state index is 11.6. The number of hydrogen-bond acceptors (Lipinski definition) is 4. The van der Waals surface area contributed by atoms with E-state index in [-0.39, 0.29) is 17.9 Å². The van der Waals surface area contributed by atoms with Crippen LogP contribution in [-0.2, 0) is 19.1 Å². The molecule has 1 rings (SSSR count). The van der Waals surface area contributed by atoms with Gasteiger partial charge in [-0.25, -0.2) is 4.79 Å². The molecule has 2 atom stereocenters. The van der Waals surface area contributed by atoms with E-state index in [1.54, 1.807) is 13.0 Å². The first-order valence-corrected chi connectivity index (χ1v) is 6.06. The van der Waals surface area contributed by atoms with Crippen molar-refractivity contribution in [3.05, 3.63) is 11.6 Å². The predicted molar refractivity (Wildman–Crippen MR) is 63.3 cm³/mol. The largest absolute Gasteiger partial charge is 0.455 e. The summed E-state index contributed by atoms with van der Waals surface area (Å²) in [6, 6.07) is 0. The molecule has 0 aromatic carbocycles. The summed E-state index contributed by atoms with van der Waals surface area (Å²) >= 11 is 0. The fourth-order valence-electron chi connectivity index (χ4n) is 1.77. The van der Waals surface area contributed by atoms with Crippen LogP contribution in [0.25, 0.3) is 0 Å². The van der Waals surface area contributed by atoms with Crippen molar-refractivity contribution in [1.29, 1.82) is 0 Å². The van der Waals surface area contributed by atoms with E-state index in [2.05, 4.69) is 0 Å². The quantitative estimate of drug-likeness (QED) is 0.558. The van der Waals surface area contributed by atoms with E-state index in [9.17, 15) is 9.59 Å². The molecular formula is C13H20O4. The lowest BCUT2D eigenvalue weighted by molar-refractivity contribution is -0.152. The van der Waals surface area contributed by atoms with Crippen molar-refractivity contribution in [2.45, 2.75) is 52.7 Å². The highest BCUT2D eigenvalue weighted by Gasteiger charge is 2.39. The monoisotopic (exact) mass is 240 g/mol. The van der Waals surface area contributed by atoms with Gasteiger partial charge in [0.2, 0.25) is 0 Å². The molecule has 1 saturated heterocycles. The number of rotatable bonds is 4. The zero-order valence-corrected chi connectivity index (χ0v) is 10.9. The fraction of sp³-hybridized carbons (Fsp3) is 0.692. The number of carbonyl (C=O) groups excluding carboxylic acids is 2. The third kappa shape index (κ3) is 3.58. The molecule has 0 spiro atoms. The topological polar surface area (TPSA) is 52.6 Å². The van der Waals surface area contributed by atoms with Gasteiger partial charge in [0.15, 0.2) is 6.10 Å². The molecule has 0 saturated carbocycles. The first-order chi connectivity index (χ1) is 7.95. The highest BCUT2D eigenvalue weighted by Crippen LogP contribution is 2.25. The third-order valence-electron chi connectivity index (χ3n) is 2.52. The van der Waals surface area contributed by atoms with E-state index in [1.807, 2.05) is 20.8 Å². The van der Waals surface area contributed by atoms with Crippen LogP contribution in [0.3, 0.4) is 0 Å². The second-order valence-electron chi connectivity index (χ2n) is 4.69. The van der Waals surface area contributed by atoms with Gasteiger partial charge in [0.1, 0.15) is 6.10 Å². The molecule has 4 nitrogen and oxygen atoms in total. The molecule has 0 radical (unpaired) electrons. The smallest absolute Gasteiger partial charge is 0.338 e.